The number of aromatic nitrogens is 1. The van der Waals surface area contributed by atoms with Crippen molar-refractivity contribution in [1.29, 1.82) is 0 Å². The number of hydrogen-bond acceptors (Lipinski definition) is 5. The van der Waals surface area contributed by atoms with Crippen molar-refractivity contribution in [2.75, 3.05) is 43.9 Å². The Kier molecular flexibility index (Phi) is 7.26. The highest BCUT2D eigenvalue weighted by Gasteiger charge is 2.11. The van der Waals surface area contributed by atoms with Crippen molar-refractivity contribution in [3.8, 4) is 0 Å². The molecule has 0 radical (unpaired) electrons. The summed E-state index contributed by atoms with van der Waals surface area (Å²) in [6.07, 6.45) is 1.65. The molecule has 3 rings (SSSR count). The van der Waals surface area contributed by atoms with Gasteiger partial charge in [0.15, 0.2) is 0 Å². The van der Waals surface area contributed by atoms with Crippen molar-refractivity contribution >= 4 is 23.4 Å². The second kappa shape index (κ2) is 9.88. The second-order valence-electron chi connectivity index (χ2n) is 6.92. The van der Waals surface area contributed by atoms with Gasteiger partial charge in [0.1, 0.15) is 0 Å². The summed E-state index contributed by atoms with van der Waals surface area (Å²) >= 11 is 1.72. The number of hydrogen-bond donors (Lipinski definition) is 1. The maximum absolute atomic E-state index is 12.4. The van der Waals surface area contributed by atoms with Crippen LogP contribution in [0.25, 0.3) is 0 Å². The molecule has 0 aliphatic carbocycles. The molecule has 0 atom stereocenters. The van der Waals surface area contributed by atoms with Crippen molar-refractivity contribution < 1.29 is 9.53 Å². The van der Waals surface area contributed by atoms with Crippen LogP contribution >= 0.6 is 11.8 Å². The lowest BCUT2D eigenvalue weighted by molar-refractivity contribution is 0.0410. The van der Waals surface area contributed by atoms with Crippen molar-refractivity contribution in [3.63, 3.8) is 0 Å². The lowest BCUT2D eigenvalue weighted by Gasteiger charge is -2.26. The minimum Gasteiger partial charge on any atom is -0.379 e. The number of pyridine rings is 1. The first-order chi connectivity index (χ1) is 13.1. The Balaban J connectivity index is 1.47. The van der Waals surface area contributed by atoms with Crippen LogP contribution in [0.3, 0.4) is 0 Å². The highest BCUT2D eigenvalue weighted by Crippen LogP contribution is 2.19. The molecule has 0 spiro atoms. The maximum Gasteiger partial charge on any atom is 0.257 e. The zero-order valence-electron chi connectivity index (χ0n) is 16.0. The first-order valence-corrected chi connectivity index (χ1v) is 10.4. The zero-order valence-corrected chi connectivity index (χ0v) is 16.8. The van der Waals surface area contributed by atoms with E-state index in [4.69, 9.17) is 4.74 Å². The van der Waals surface area contributed by atoms with Gasteiger partial charge in [-0.15, -0.1) is 11.8 Å². The van der Waals surface area contributed by atoms with Gasteiger partial charge in [0, 0.05) is 37.3 Å². The summed E-state index contributed by atoms with van der Waals surface area (Å²) in [5.41, 5.74) is 2.63. The SMILES string of the molecule is CC(C)c1ccc(NC(=O)c2ccc(SCCN3CCOCC3)nc2)cc1. The number of carbonyl (C=O) groups is 1. The molecule has 1 aliphatic heterocycles. The Bertz CT molecular complexity index is 726. The standard InChI is InChI=1S/C21H27N3O2S/c1-16(2)17-3-6-19(7-4-17)23-21(25)18-5-8-20(22-15-18)27-14-11-24-9-12-26-13-10-24/h3-8,15-16H,9-14H2,1-2H3,(H,23,25). The van der Waals surface area contributed by atoms with Crippen LogP contribution in [0.15, 0.2) is 47.6 Å². The molecule has 27 heavy (non-hydrogen) atoms. The zero-order chi connectivity index (χ0) is 19.1. The Labute approximate surface area is 165 Å². The van der Waals surface area contributed by atoms with Crippen LogP contribution in [0.5, 0.6) is 0 Å². The van der Waals surface area contributed by atoms with E-state index in [1.807, 2.05) is 36.4 Å². The molecular formula is C21H27N3O2S. The van der Waals surface area contributed by atoms with Gasteiger partial charge in [-0.3, -0.25) is 9.69 Å². The summed E-state index contributed by atoms with van der Waals surface area (Å²) in [5, 5.41) is 3.87. The summed E-state index contributed by atoms with van der Waals surface area (Å²) in [6.45, 7) is 9.00. The molecule has 144 valence electrons. The van der Waals surface area contributed by atoms with E-state index in [1.54, 1.807) is 18.0 Å². The maximum atomic E-state index is 12.4. The normalized spacial score (nSPS) is 15.1. The van der Waals surface area contributed by atoms with E-state index < -0.39 is 0 Å². The summed E-state index contributed by atoms with van der Waals surface area (Å²) < 4.78 is 5.36. The molecule has 6 heteroatoms. The molecule has 1 amide bonds. The number of nitrogens with zero attached hydrogens (tertiary/aromatic N) is 2. The van der Waals surface area contributed by atoms with Gasteiger partial charge >= 0.3 is 0 Å². The highest BCUT2D eigenvalue weighted by molar-refractivity contribution is 7.99. The number of ether oxygens (including phenoxy) is 1. The van der Waals surface area contributed by atoms with Crippen LogP contribution in [0.4, 0.5) is 5.69 Å². The fourth-order valence-electron chi connectivity index (χ4n) is 2.86. The van der Waals surface area contributed by atoms with Crippen molar-refractivity contribution in [1.82, 2.24) is 9.88 Å². The number of thioether (sulfide) groups is 1. The minimum absolute atomic E-state index is 0.135. The predicted molar refractivity (Wildman–Crippen MR) is 111 cm³/mol. The average molecular weight is 386 g/mol. The minimum atomic E-state index is -0.135. The first-order valence-electron chi connectivity index (χ1n) is 9.42. The quantitative estimate of drug-likeness (QED) is 0.733. The first kappa shape index (κ1) is 19.9. The molecule has 5 nitrogen and oxygen atoms in total. The number of benzene rings is 1. The van der Waals surface area contributed by atoms with Crippen LogP contribution in [0, 0.1) is 0 Å². The van der Waals surface area contributed by atoms with E-state index in [0.29, 0.717) is 11.5 Å². The van der Waals surface area contributed by atoms with Gasteiger partial charge in [-0.25, -0.2) is 4.98 Å². The third-order valence-corrected chi connectivity index (χ3v) is 5.52. The summed E-state index contributed by atoms with van der Waals surface area (Å²) in [5.74, 6) is 1.33. The molecule has 2 heterocycles. The van der Waals surface area contributed by atoms with Gasteiger partial charge in [0.2, 0.25) is 0 Å². The smallest absolute Gasteiger partial charge is 0.257 e. The Morgan fingerprint density at radius 2 is 1.93 bits per heavy atom. The summed E-state index contributed by atoms with van der Waals surface area (Å²) in [7, 11) is 0. The molecule has 1 fully saturated rings. The van der Waals surface area contributed by atoms with Crippen molar-refractivity contribution in [2.24, 2.45) is 0 Å². The lowest BCUT2D eigenvalue weighted by atomic mass is 10.0. The predicted octanol–water partition coefficient (Wildman–Crippen LogP) is 3.88. The Morgan fingerprint density at radius 1 is 1.19 bits per heavy atom. The Morgan fingerprint density at radius 3 is 2.56 bits per heavy atom. The number of amides is 1. The van der Waals surface area contributed by atoms with Crippen molar-refractivity contribution in [2.45, 2.75) is 24.8 Å². The van der Waals surface area contributed by atoms with Crippen LogP contribution in [0.2, 0.25) is 0 Å². The Hall–Kier alpha value is -1.89. The molecular weight excluding hydrogens is 358 g/mol. The molecule has 1 saturated heterocycles. The van der Waals surface area contributed by atoms with E-state index in [1.165, 1.54) is 5.56 Å². The largest absolute Gasteiger partial charge is 0.379 e. The molecule has 0 bridgehead atoms. The second-order valence-corrected chi connectivity index (χ2v) is 8.03. The van der Waals surface area contributed by atoms with Crippen LogP contribution in [-0.4, -0.2) is 54.4 Å². The van der Waals surface area contributed by atoms with Gasteiger partial charge in [0.05, 0.1) is 23.8 Å². The van der Waals surface area contributed by atoms with Gasteiger partial charge in [-0.2, -0.15) is 0 Å². The molecule has 1 N–H and O–H groups in total. The molecule has 2 aromatic rings. The number of carbonyl (C=O) groups excluding carboxylic acids is 1. The van der Waals surface area contributed by atoms with Gasteiger partial charge < -0.3 is 10.1 Å². The third kappa shape index (κ3) is 6.06. The van der Waals surface area contributed by atoms with E-state index >= 15 is 0 Å². The van der Waals surface area contributed by atoms with Crippen molar-refractivity contribution in [3.05, 3.63) is 53.7 Å². The van der Waals surface area contributed by atoms with E-state index in [2.05, 4.69) is 29.0 Å². The molecule has 0 saturated carbocycles. The number of anilines is 1. The van der Waals surface area contributed by atoms with Crippen LogP contribution in [0.1, 0.15) is 35.7 Å². The number of nitrogens with one attached hydrogen (secondary N) is 1. The van der Waals surface area contributed by atoms with E-state index in [-0.39, 0.29) is 5.91 Å². The fraction of sp³-hybridized carbons (Fsp3) is 0.429. The molecule has 1 aromatic heterocycles. The van der Waals surface area contributed by atoms with Crippen LogP contribution in [-0.2, 0) is 4.74 Å². The van der Waals surface area contributed by atoms with Gasteiger partial charge in [-0.05, 0) is 35.7 Å². The lowest BCUT2D eigenvalue weighted by Crippen LogP contribution is -2.37. The monoisotopic (exact) mass is 385 g/mol. The van der Waals surface area contributed by atoms with E-state index in [0.717, 1.165) is 49.3 Å². The van der Waals surface area contributed by atoms with Gasteiger partial charge in [0.25, 0.3) is 5.91 Å². The summed E-state index contributed by atoms with van der Waals surface area (Å²) in [4.78, 5) is 19.2. The average Bonchev–Trinajstić information content (AvgIpc) is 2.70. The molecule has 1 aliphatic rings. The number of morpholine rings is 1. The topological polar surface area (TPSA) is 54.5 Å². The molecule has 1 aromatic carbocycles. The van der Waals surface area contributed by atoms with Crippen LogP contribution < -0.4 is 5.32 Å². The fourth-order valence-corrected chi connectivity index (χ4v) is 3.71. The number of rotatable bonds is 7. The third-order valence-electron chi connectivity index (χ3n) is 4.59. The van der Waals surface area contributed by atoms with Gasteiger partial charge in [-0.1, -0.05) is 26.0 Å². The highest BCUT2D eigenvalue weighted by atomic mass is 32.2. The van der Waals surface area contributed by atoms with E-state index in [9.17, 15) is 4.79 Å². The molecule has 0 unspecified atom stereocenters. The summed E-state index contributed by atoms with van der Waals surface area (Å²) in [6, 6.07) is 11.7.